The van der Waals surface area contributed by atoms with Gasteiger partial charge in [0.25, 0.3) is 0 Å². The summed E-state index contributed by atoms with van der Waals surface area (Å²) in [4.78, 5) is 11.1. The number of nitrogens with one attached hydrogen (secondary N) is 1. The van der Waals surface area contributed by atoms with Crippen LogP contribution >= 0.6 is 23.8 Å². The second-order valence-electron chi connectivity index (χ2n) is 3.06. The van der Waals surface area contributed by atoms with Crippen LogP contribution in [-0.4, -0.2) is 10.8 Å². The molecule has 0 aliphatic carbocycles. The highest BCUT2D eigenvalue weighted by molar-refractivity contribution is 7.80. The van der Waals surface area contributed by atoms with E-state index < -0.39 is 5.82 Å². The molecule has 0 saturated carbocycles. The first-order chi connectivity index (χ1) is 6.99. The maximum atomic E-state index is 12.8. The third kappa shape index (κ3) is 3.93. The fraction of sp³-hybridized carbons (Fsp3) is 0.200. The molecule has 0 fully saturated rings. The minimum atomic E-state index is -0.486. The van der Waals surface area contributed by atoms with Crippen LogP contribution in [0.2, 0.25) is 5.02 Å². The van der Waals surface area contributed by atoms with Crippen LogP contribution in [0.3, 0.4) is 0 Å². The fourth-order valence-corrected chi connectivity index (χ4v) is 1.51. The third-order valence-electron chi connectivity index (χ3n) is 1.61. The summed E-state index contributed by atoms with van der Waals surface area (Å²) in [6.45, 7) is 1.45. The van der Waals surface area contributed by atoms with Crippen LogP contribution < -0.4 is 5.32 Å². The lowest BCUT2D eigenvalue weighted by Gasteiger charge is -2.06. The van der Waals surface area contributed by atoms with Gasteiger partial charge in [0.1, 0.15) is 11.6 Å². The highest BCUT2D eigenvalue weighted by Crippen LogP contribution is 2.19. The summed E-state index contributed by atoms with van der Waals surface area (Å²) in [5.41, 5.74) is 0.577. The largest absolute Gasteiger partial charge is 0.350 e. The SMILES string of the molecule is CC(=O)CC(=S)Nc1ccc(F)c(Cl)c1. The Morgan fingerprint density at radius 2 is 2.27 bits per heavy atom. The molecule has 0 bridgehead atoms. The van der Waals surface area contributed by atoms with Gasteiger partial charge in [-0.25, -0.2) is 4.39 Å². The molecule has 1 N–H and O–H groups in total. The lowest BCUT2D eigenvalue weighted by Crippen LogP contribution is -2.12. The summed E-state index contributed by atoms with van der Waals surface area (Å²) in [5, 5.41) is 2.82. The van der Waals surface area contributed by atoms with Gasteiger partial charge in [0, 0.05) is 5.69 Å². The topological polar surface area (TPSA) is 29.1 Å². The standard InChI is InChI=1S/C10H9ClFNOS/c1-6(14)4-10(15)13-7-2-3-9(12)8(11)5-7/h2-3,5H,4H2,1H3,(H,13,15). The number of thiocarbonyl (C=S) groups is 1. The summed E-state index contributed by atoms with van der Waals surface area (Å²) >= 11 is 10.5. The van der Waals surface area contributed by atoms with Gasteiger partial charge in [0.2, 0.25) is 0 Å². The molecule has 0 radical (unpaired) electrons. The smallest absolute Gasteiger partial charge is 0.141 e. The molecule has 5 heteroatoms. The van der Waals surface area contributed by atoms with E-state index in [1.54, 1.807) is 0 Å². The highest BCUT2D eigenvalue weighted by Gasteiger charge is 2.04. The summed E-state index contributed by atoms with van der Waals surface area (Å²) in [6.07, 6.45) is 0.171. The predicted molar refractivity (Wildman–Crippen MR) is 62.9 cm³/mol. The van der Waals surface area contributed by atoms with E-state index in [0.717, 1.165) is 0 Å². The predicted octanol–water partition coefficient (Wildman–Crippen LogP) is 3.20. The number of carbonyl (C=O) groups excluding carboxylic acids is 1. The third-order valence-corrected chi connectivity index (χ3v) is 2.15. The summed E-state index contributed by atoms with van der Waals surface area (Å²) in [5.74, 6) is -0.514. The van der Waals surface area contributed by atoms with Crippen molar-refractivity contribution in [3.8, 4) is 0 Å². The van der Waals surface area contributed by atoms with Crippen molar-refractivity contribution < 1.29 is 9.18 Å². The zero-order valence-corrected chi connectivity index (χ0v) is 9.58. The number of rotatable bonds is 3. The summed E-state index contributed by atoms with van der Waals surface area (Å²) in [6, 6.07) is 4.16. The van der Waals surface area contributed by atoms with Gasteiger partial charge in [-0.05, 0) is 25.1 Å². The first kappa shape index (κ1) is 12.1. The van der Waals surface area contributed by atoms with Crippen molar-refractivity contribution in [2.75, 3.05) is 5.32 Å². The molecule has 80 valence electrons. The fourth-order valence-electron chi connectivity index (χ4n) is 1.01. The van der Waals surface area contributed by atoms with Crippen molar-refractivity contribution in [1.29, 1.82) is 0 Å². The van der Waals surface area contributed by atoms with Crippen LogP contribution in [0.15, 0.2) is 18.2 Å². The Hall–Kier alpha value is -1.00. The maximum Gasteiger partial charge on any atom is 0.141 e. The van der Waals surface area contributed by atoms with Crippen LogP contribution in [0, 0.1) is 5.82 Å². The van der Waals surface area contributed by atoms with Crippen molar-refractivity contribution in [2.45, 2.75) is 13.3 Å². The van der Waals surface area contributed by atoms with Gasteiger partial charge in [-0.1, -0.05) is 23.8 Å². The van der Waals surface area contributed by atoms with Crippen LogP contribution in [0.5, 0.6) is 0 Å². The van der Waals surface area contributed by atoms with Crippen LogP contribution in [0.4, 0.5) is 10.1 Å². The molecule has 0 unspecified atom stereocenters. The average molecular weight is 246 g/mol. The first-order valence-electron chi connectivity index (χ1n) is 4.23. The Morgan fingerprint density at radius 3 is 2.80 bits per heavy atom. The van der Waals surface area contributed by atoms with Gasteiger partial charge in [0.15, 0.2) is 0 Å². The van der Waals surface area contributed by atoms with Crippen molar-refractivity contribution >= 4 is 40.3 Å². The number of hydrogen-bond donors (Lipinski definition) is 1. The molecule has 1 rings (SSSR count). The van der Waals surface area contributed by atoms with Crippen molar-refractivity contribution in [1.82, 2.24) is 0 Å². The number of ketones is 1. The molecule has 0 aliphatic heterocycles. The average Bonchev–Trinajstić information content (AvgIpc) is 2.10. The number of halogens is 2. The minimum Gasteiger partial charge on any atom is -0.350 e. The monoisotopic (exact) mass is 245 g/mol. The van der Waals surface area contributed by atoms with E-state index in [1.807, 2.05) is 0 Å². The summed E-state index contributed by atoms with van der Waals surface area (Å²) < 4.78 is 12.8. The molecule has 0 amide bonds. The van der Waals surface area contributed by atoms with Gasteiger partial charge in [-0.15, -0.1) is 0 Å². The number of anilines is 1. The van der Waals surface area contributed by atoms with E-state index in [-0.39, 0.29) is 17.2 Å². The molecular formula is C10H9ClFNOS. The molecule has 0 atom stereocenters. The molecule has 0 saturated heterocycles. The quantitative estimate of drug-likeness (QED) is 0.830. The highest BCUT2D eigenvalue weighted by atomic mass is 35.5. The van der Waals surface area contributed by atoms with Crippen molar-refractivity contribution in [2.24, 2.45) is 0 Å². The van der Waals surface area contributed by atoms with Gasteiger partial charge in [0.05, 0.1) is 16.4 Å². The molecule has 0 aliphatic rings. The van der Waals surface area contributed by atoms with Gasteiger partial charge in [-0.3, -0.25) is 4.79 Å². The Kier molecular flexibility index (Phi) is 4.17. The van der Waals surface area contributed by atoms with E-state index in [1.165, 1.54) is 25.1 Å². The van der Waals surface area contributed by atoms with Gasteiger partial charge < -0.3 is 5.32 Å². The minimum absolute atomic E-state index is 0.0191. The van der Waals surface area contributed by atoms with E-state index in [2.05, 4.69) is 5.32 Å². The number of benzene rings is 1. The zero-order valence-electron chi connectivity index (χ0n) is 8.01. The lowest BCUT2D eigenvalue weighted by molar-refractivity contribution is -0.115. The van der Waals surface area contributed by atoms with E-state index in [9.17, 15) is 9.18 Å². The molecule has 0 heterocycles. The van der Waals surface area contributed by atoms with E-state index >= 15 is 0 Å². The van der Waals surface area contributed by atoms with Crippen LogP contribution in [-0.2, 0) is 4.79 Å². The first-order valence-corrected chi connectivity index (χ1v) is 5.02. The molecule has 0 aromatic heterocycles. The Balaban J connectivity index is 2.69. The molecule has 2 nitrogen and oxygen atoms in total. The van der Waals surface area contributed by atoms with E-state index in [0.29, 0.717) is 10.7 Å². The lowest BCUT2D eigenvalue weighted by atomic mass is 10.2. The molecule has 1 aromatic carbocycles. The van der Waals surface area contributed by atoms with Crippen molar-refractivity contribution in [3.05, 3.63) is 29.0 Å². The van der Waals surface area contributed by atoms with Crippen LogP contribution in [0.25, 0.3) is 0 Å². The van der Waals surface area contributed by atoms with Gasteiger partial charge >= 0.3 is 0 Å². The number of hydrogen-bond acceptors (Lipinski definition) is 2. The second-order valence-corrected chi connectivity index (χ2v) is 3.96. The molecule has 1 aromatic rings. The Labute approximate surface area is 97.4 Å². The van der Waals surface area contributed by atoms with E-state index in [4.69, 9.17) is 23.8 Å². The number of Topliss-reactive ketones (excluding diaryl/α,β-unsaturated/α-hetero) is 1. The maximum absolute atomic E-state index is 12.8. The van der Waals surface area contributed by atoms with Gasteiger partial charge in [-0.2, -0.15) is 0 Å². The summed E-state index contributed by atoms with van der Waals surface area (Å²) in [7, 11) is 0. The van der Waals surface area contributed by atoms with Crippen LogP contribution in [0.1, 0.15) is 13.3 Å². The molecule has 0 spiro atoms. The number of carbonyl (C=O) groups is 1. The zero-order chi connectivity index (χ0) is 11.4. The van der Waals surface area contributed by atoms with Crippen molar-refractivity contribution in [3.63, 3.8) is 0 Å². The molecule has 15 heavy (non-hydrogen) atoms. The Bertz CT molecular complexity index is 408. The molecular weight excluding hydrogens is 237 g/mol. The normalized spacial score (nSPS) is 9.80. The second kappa shape index (κ2) is 5.19. The Morgan fingerprint density at radius 1 is 1.60 bits per heavy atom.